The molecule has 0 amide bonds. The van der Waals surface area contributed by atoms with Gasteiger partial charge in [-0.2, -0.15) is 0 Å². The summed E-state index contributed by atoms with van der Waals surface area (Å²) in [7, 11) is -1.41. The molecule has 0 radical (unpaired) electrons. The number of likely N-dealkylation sites (tertiary alicyclic amines) is 1. The van der Waals surface area contributed by atoms with Gasteiger partial charge in [-0.25, -0.2) is 0 Å². The summed E-state index contributed by atoms with van der Waals surface area (Å²) >= 11 is 0. The molecule has 38 heavy (non-hydrogen) atoms. The van der Waals surface area contributed by atoms with Gasteiger partial charge in [-0.3, -0.25) is 4.90 Å². The molecule has 0 spiro atoms. The lowest BCUT2D eigenvalue weighted by atomic mass is 10.2. The van der Waals surface area contributed by atoms with Gasteiger partial charge >= 0.3 is 0 Å². The number of hydrogen-bond donors (Lipinski definition) is 0. The Morgan fingerprint density at radius 2 is 0.816 bits per heavy atom. The van der Waals surface area contributed by atoms with Crippen LogP contribution in [0.5, 0.6) is 0 Å². The second-order valence-corrected chi connectivity index (χ2v) is 15.0. The van der Waals surface area contributed by atoms with E-state index in [0.717, 1.165) is 13.1 Å². The summed E-state index contributed by atoms with van der Waals surface area (Å²) in [5.41, 5.74) is 1.39. The summed E-state index contributed by atoms with van der Waals surface area (Å²) in [5.74, 6) is 0. The van der Waals surface area contributed by atoms with E-state index in [1.54, 1.807) is 0 Å². The molecule has 1 nitrogen and oxygen atoms in total. The first-order valence-electron chi connectivity index (χ1n) is 13.5. The standard InChI is InChI=1S/C35H33NP2/c1-6-17-30(18-7-1)29-36-28-16-27-35(36,37(31-19-8-2-9-20-31)32-21-10-3-11-22-32)38(33-23-12-4-13-24-33)34-25-14-5-15-26-34/h1-15,17-26H,16,27-29H2. The van der Waals surface area contributed by atoms with Crippen molar-refractivity contribution in [1.82, 2.24) is 4.90 Å². The van der Waals surface area contributed by atoms with E-state index in [9.17, 15) is 0 Å². The zero-order chi connectivity index (χ0) is 25.6. The molecule has 0 unspecified atom stereocenters. The van der Waals surface area contributed by atoms with Crippen molar-refractivity contribution >= 4 is 37.1 Å². The van der Waals surface area contributed by atoms with Gasteiger partial charge in [0, 0.05) is 6.54 Å². The van der Waals surface area contributed by atoms with Crippen LogP contribution in [0.25, 0.3) is 0 Å². The quantitative estimate of drug-likeness (QED) is 0.192. The summed E-state index contributed by atoms with van der Waals surface area (Å²) in [6.45, 7) is 2.09. The molecule has 5 aromatic carbocycles. The Morgan fingerprint density at radius 3 is 1.18 bits per heavy atom. The average Bonchev–Trinajstić information content (AvgIpc) is 3.39. The average molecular weight is 530 g/mol. The second kappa shape index (κ2) is 11.8. The minimum atomic E-state index is -0.704. The van der Waals surface area contributed by atoms with Gasteiger partial charge in [-0.05, 0) is 62.0 Å². The Morgan fingerprint density at radius 1 is 0.474 bits per heavy atom. The van der Waals surface area contributed by atoms with Crippen LogP contribution in [-0.4, -0.2) is 16.5 Å². The SMILES string of the molecule is c1ccc(CN2CCCC2(P(c2ccccc2)c2ccccc2)P(c2ccccc2)c2ccccc2)cc1. The Labute approximate surface area is 229 Å². The zero-order valence-electron chi connectivity index (χ0n) is 21.6. The van der Waals surface area contributed by atoms with Crippen LogP contribution in [-0.2, 0) is 6.54 Å². The maximum atomic E-state index is 2.87. The van der Waals surface area contributed by atoms with Crippen molar-refractivity contribution in [3.05, 3.63) is 157 Å². The zero-order valence-corrected chi connectivity index (χ0v) is 23.4. The molecule has 5 aromatic rings. The minimum absolute atomic E-state index is 0.0219. The van der Waals surface area contributed by atoms with E-state index in [1.807, 2.05) is 0 Å². The summed E-state index contributed by atoms with van der Waals surface area (Å²) in [5, 5.41) is 5.84. The largest absolute Gasteiger partial charge is 0.285 e. The lowest BCUT2D eigenvalue weighted by Gasteiger charge is -2.51. The van der Waals surface area contributed by atoms with E-state index < -0.39 is 15.8 Å². The topological polar surface area (TPSA) is 3.24 Å². The predicted molar refractivity (Wildman–Crippen MR) is 167 cm³/mol. The summed E-state index contributed by atoms with van der Waals surface area (Å²) in [6.07, 6.45) is 2.40. The van der Waals surface area contributed by atoms with Gasteiger partial charge in [-0.1, -0.05) is 152 Å². The molecule has 1 fully saturated rings. The third-order valence-electron chi connectivity index (χ3n) is 7.44. The number of benzene rings is 5. The number of hydrogen-bond acceptors (Lipinski definition) is 1. The molecule has 0 atom stereocenters. The lowest BCUT2D eigenvalue weighted by molar-refractivity contribution is 0.281. The van der Waals surface area contributed by atoms with Crippen LogP contribution in [0.15, 0.2) is 152 Å². The van der Waals surface area contributed by atoms with Crippen molar-refractivity contribution in [2.24, 2.45) is 0 Å². The predicted octanol–water partition coefficient (Wildman–Crippen LogP) is 7.20. The molecule has 1 saturated heterocycles. The number of rotatable bonds is 8. The van der Waals surface area contributed by atoms with Crippen LogP contribution < -0.4 is 21.2 Å². The Kier molecular flexibility index (Phi) is 7.80. The van der Waals surface area contributed by atoms with E-state index in [1.165, 1.54) is 39.6 Å². The smallest absolute Gasteiger partial charge is 0.0772 e. The fourth-order valence-corrected chi connectivity index (χ4v) is 13.9. The Hall–Kier alpha value is -3.08. The van der Waals surface area contributed by atoms with Gasteiger partial charge < -0.3 is 0 Å². The summed E-state index contributed by atoms with van der Waals surface area (Å²) in [4.78, 5) is 2.87. The molecule has 0 saturated carbocycles. The van der Waals surface area contributed by atoms with Crippen molar-refractivity contribution in [3.8, 4) is 0 Å². The molecule has 0 aromatic heterocycles. The Bertz CT molecular complexity index is 1250. The first kappa shape index (κ1) is 25.2. The molecule has 0 aliphatic carbocycles. The van der Waals surface area contributed by atoms with E-state index >= 15 is 0 Å². The van der Waals surface area contributed by atoms with Crippen LogP contribution in [0.1, 0.15) is 18.4 Å². The molecule has 1 aliphatic rings. The maximum absolute atomic E-state index is 2.87. The summed E-state index contributed by atoms with van der Waals surface area (Å²) < 4.78 is 0. The van der Waals surface area contributed by atoms with Gasteiger partial charge in [0.15, 0.2) is 0 Å². The molecular formula is C35H33NP2. The highest BCUT2D eigenvalue weighted by Crippen LogP contribution is 2.70. The molecule has 0 bridgehead atoms. The van der Waals surface area contributed by atoms with Crippen LogP contribution in [0, 0.1) is 0 Å². The third kappa shape index (κ3) is 5.00. The van der Waals surface area contributed by atoms with E-state index in [0.29, 0.717) is 0 Å². The highest BCUT2D eigenvalue weighted by atomic mass is 31.2. The molecule has 188 valence electrons. The minimum Gasteiger partial charge on any atom is -0.285 e. The van der Waals surface area contributed by atoms with Gasteiger partial charge in [0.05, 0.1) is 5.02 Å². The van der Waals surface area contributed by atoms with Gasteiger partial charge in [0.25, 0.3) is 0 Å². The van der Waals surface area contributed by atoms with Crippen LogP contribution in [0.4, 0.5) is 0 Å². The normalized spacial score (nSPS) is 15.2. The van der Waals surface area contributed by atoms with E-state index in [-0.39, 0.29) is 5.02 Å². The first-order chi connectivity index (χ1) is 18.9. The van der Waals surface area contributed by atoms with E-state index in [4.69, 9.17) is 0 Å². The highest BCUT2D eigenvalue weighted by Gasteiger charge is 2.54. The van der Waals surface area contributed by atoms with Gasteiger partial charge in [0.2, 0.25) is 0 Å². The van der Waals surface area contributed by atoms with Crippen LogP contribution >= 0.6 is 15.8 Å². The van der Waals surface area contributed by atoms with Crippen molar-refractivity contribution in [2.45, 2.75) is 24.4 Å². The molecule has 0 N–H and O–H groups in total. The van der Waals surface area contributed by atoms with Crippen molar-refractivity contribution in [1.29, 1.82) is 0 Å². The highest BCUT2D eigenvalue weighted by molar-refractivity contribution is 7.90. The molecule has 3 heteroatoms. The molecule has 6 rings (SSSR count). The lowest BCUT2D eigenvalue weighted by Crippen LogP contribution is -2.48. The van der Waals surface area contributed by atoms with Crippen molar-refractivity contribution in [3.63, 3.8) is 0 Å². The fourth-order valence-electron chi connectivity index (χ4n) is 5.89. The fraction of sp³-hybridized carbons (Fsp3) is 0.143. The van der Waals surface area contributed by atoms with Gasteiger partial charge in [-0.15, -0.1) is 0 Å². The molecule has 1 heterocycles. The maximum Gasteiger partial charge on any atom is 0.0772 e. The monoisotopic (exact) mass is 529 g/mol. The molecule has 1 aliphatic heterocycles. The first-order valence-corrected chi connectivity index (χ1v) is 16.1. The third-order valence-corrected chi connectivity index (χ3v) is 14.3. The van der Waals surface area contributed by atoms with Crippen LogP contribution in [0.2, 0.25) is 0 Å². The van der Waals surface area contributed by atoms with Crippen molar-refractivity contribution < 1.29 is 0 Å². The van der Waals surface area contributed by atoms with Crippen molar-refractivity contribution in [2.75, 3.05) is 6.54 Å². The Balaban J connectivity index is 1.63. The number of nitrogens with zero attached hydrogens (tertiary/aromatic N) is 1. The second-order valence-electron chi connectivity index (χ2n) is 9.80. The van der Waals surface area contributed by atoms with E-state index in [2.05, 4.69) is 157 Å². The van der Waals surface area contributed by atoms with Crippen LogP contribution in [0.3, 0.4) is 0 Å². The molecular weight excluding hydrogens is 496 g/mol. The van der Waals surface area contributed by atoms with Gasteiger partial charge in [0.1, 0.15) is 0 Å². The summed E-state index contributed by atoms with van der Waals surface area (Å²) in [6, 6.07) is 56.5.